The lowest BCUT2D eigenvalue weighted by molar-refractivity contribution is 0.0194. The number of aliphatic imine (C=N–C) groups is 1. The van der Waals surface area contributed by atoms with Crippen molar-refractivity contribution < 1.29 is 9.15 Å². The summed E-state index contributed by atoms with van der Waals surface area (Å²) in [5, 5.41) is 6.84. The number of hydrogen-bond donors (Lipinski definition) is 2. The Morgan fingerprint density at radius 2 is 2.18 bits per heavy atom. The normalized spacial score (nSPS) is 22.5. The van der Waals surface area contributed by atoms with Gasteiger partial charge in [0.2, 0.25) is 0 Å². The van der Waals surface area contributed by atoms with E-state index in [1.165, 1.54) is 25.7 Å². The first-order valence-corrected chi connectivity index (χ1v) is 8.56. The highest BCUT2D eigenvalue weighted by Crippen LogP contribution is 2.28. The minimum Gasteiger partial charge on any atom is -0.469 e. The molecule has 0 spiro atoms. The van der Waals surface area contributed by atoms with Gasteiger partial charge in [0.15, 0.2) is 5.96 Å². The van der Waals surface area contributed by atoms with Gasteiger partial charge >= 0.3 is 0 Å². The van der Waals surface area contributed by atoms with Crippen molar-refractivity contribution in [3.8, 4) is 0 Å². The van der Waals surface area contributed by atoms with Crippen LogP contribution in [0.4, 0.5) is 0 Å². The van der Waals surface area contributed by atoms with Gasteiger partial charge in [0.25, 0.3) is 0 Å². The van der Waals surface area contributed by atoms with Gasteiger partial charge in [-0.15, -0.1) is 0 Å². The standard InChI is InChI=1S/C17H27N3O2/c1-2-10-22-16(4-1)13-20-17(19-12-14-6-7-14)18-9-8-15-5-3-11-21-15/h3,5,11,14,16H,1-2,4,6-10,12-13H2,(H2,18,19,20). The SMILES string of the molecule is c1coc(CCNC(=NCC2CC2)NCC2CCCCO2)c1. The zero-order valence-electron chi connectivity index (χ0n) is 13.2. The molecule has 1 aliphatic heterocycles. The molecule has 3 rings (SSSR count). The fourth-order valence-electron chi connectivity index (χ4n) is 2.63. The van der Waals surface area contributed by atoms with Crippen molar-refractivity contribution in [1.29, 1.82) is 0 Å². The van der Waals surface area contributed by atoms with Crippen LogP contribution in [0.1, 0.15) is 37.9 Å². The molecule has 1 saturated heterocycles. The predicted molar refractivity (Wildman–Crippen MR) is 87.0 cm³/mol. The molecule has 0 aromatic carbocycles. The molecule has 0 radical (unpaired) electrons. The molecule has 5 heteroatoms. The summed E-state index contributed by atoms with van der Waals surface area (Å²) in [6, 6.07) is 3.93. The Morgan fingerprint density at radius 1 is 1.23 bits per heavy atom. The minimum atomic E-state index is 0.326. The van der Waals surface area contributed by atoms with E-state index in [2.05, 4.69) is 10.6 Å². The van der Waals surface area contributed by atoms with Crippen molar-refractivity contribution in [2.75, 3.05) is 26.2 Å². The lowest BCUT2D eigenvalue weighted by Gasteiger charge is -2.23. The molecular formula is C17H27N3O2. The van der Waals surface area contributed by atoms with Gasteiger partial charge in [0.05, 0.1) is 12.4 Å². The summed E-state index contributed by atoms with van der Waals surface area (Å²) < 4.78 is 11.1. The van der Waals surface area contributed by atoms with Crippen LogP contribution in [0.15, 0.2) is 27.8 Å². The maximum Gasteiger partial charge on any atom is 0.191 e. The van der Waals surface area contributed by atoms with Crippen molar-refractivity contribution in [1.82, 2.24) is 10.6 Å². The van der Waals surface area contributed by atoms with Gasteiger partial charge in [0.1, 0.15) is 5.76 Å². The second-order valence-electron chi connectivity index (χ2n) is 6.26. The molecule has 1 aromatic rings. The first kappa shape index (κ1) is 15.4. The minimum absolute atomic E-state index is 0.326. The molecule has 1 atom stereocenters. The highest BCUT2D eigenvalue weighted by molar-refractivity contribution is 5.79. The predicted octanol–water partition coefficient (Wildman–Crippen LogP) is 2.34. The molecule has 2 fully saturated rings. The molecule has 1 aromatic heterocycles. The maximum atomic E-state index is 5.77. The molecule has 22 heavy (non-hydrogen) atoms. The van der Waals surface area contributed by atoms with E-state index in [1.807, 2.05) is 12.1 Å². The van der Waals surface area contributed by atoms with Crippen molar-refractivity contribution in [2.45, 2.75) is 44.6 Å². The second-order valence-corrected chi connectivity index (χ2v) is 6.26. The summed E-state index contributed by atoms with van der Waals surface area (Å²) in [6.45, 7) is 3.50. The first-order valence-electron chi connectivity index (χ1n) is 8.56. The van der Waals surface area contributed by atoms with Crippen molar-refractivity contribution in [3.63, 3.8) is 0 Å². The Morgan fingerprint density at radius 3 is 2.91 bits per heavy atom. The summed E-state index contributed by atoms with van der Waals surface area (Å²) in [5.41, 5.74) is 0. The number of ether oxygens (including phenoxy) is 1. The van der Waals surface area contributed by atoms with E-state index >= 15 is 0 Å². The lowest BCUT2D eigenvalue weighted by atomic mass is 10.1. The Hall–Kier alpha value is -1.49. The van der Waals surface area contributed by atoms with Gasteiger partial charge in [-0.3, -0.25) is 4.99 Å². The Labute approximate surface area is 132 Å². The molecule has 1 unspecified atom stereocenters. The number of furan rings is 1. The monoisotopic (exact) mass is 305 g/mol. The second kappa shape index (κ2) is 8.22. The first-order chi connectivity index (χ1) is 10.9. The average Bonchev–Trinajstić information content (AvgIpc) is 3.24. The number of nitrogens with one attached hydrogen (secondary N) is 2. The van der Waals surface area contributed by atoms with Crippen LogP contribution in [0.2, 0.25) is 0 Å². The molecule has 0 bridgehead atoms. The van der Waals surface area contributed by atoms with E-state index in [0.717, 1.165) is 56.7 Å². The van der Waals surface area contributed by atoms with Crippen LogP contribution in [-0.4, -0.2) is 38.3 Å². The Kier molecular flexibility index (Phi) is 5.76. The van der Waals surface area contributed by atoms with E-state index < -0.39 is 0 Å². The molecule has 1 saturated carbocycles. The fourth-order valence-corrected chi connectivity index (χ4v) is 2.63. The van der Waals surface area contributed by atoms with E-state index in [0.29, 0.717) is 6.10 Å². The van der Waals surface area contributed by atoms with Crippen molar-refractivity contribution in [3.05, 3.63) is 24.2 Å². The number of guanidine groups is 1. The van der Waals surface area contributed by atoms with Gasteiger partial charge in [-0.05, 0) is 50.2 Å². The van der Waals surface area contributed by atoms with Crippen LogP contribution in [0.25, 0.3) is 0 Å². The highest BCUT2D eigenvalue weighted by atomic mass is 16.5. The summed E-state index contributed by atoms with van der Waals surface area (Å²) in [5.74, 6) is 2.71. The van der Waals surface area contributed by atoms with Crippen LogP contribution >= 0.6 is 0 Å². The fraction of sp³-hybridized carbons (Fsp3) is 0.706. The molecule has 0 amide bonds. The number of nitrogens with zero attached hydrogens (tertiary/aromatic N) is 1. The largest absolute Gasteiger partial charge is 0.469 e. The van der Waals surface area contributed by atoms with E-state index in [4.69, 9.17) is 14.1 Å². The third-order valence-electron chi connectivity index (χ3n) is 4.22. The van der Waals surface area contributed by atoms with Crippen LogP contribution in [0.3, 0.4) is 0 Å². The van der Waals surface area contributed by atoms with Gasteiger partial charge in [-0.25, -0.2) is 0 Å². The van der Waals surface area contributed by atoms with E-state index in [9.17, 15) is 0 Å². The Bertz CT molecular complexity index is 448. The van der Waals surface area contributed by atoms with Crippen molar-refractivity contribution >= 4 is 5.96 Å². The smallest absolute Gasteiger partial charge is 0.191 e. The van der Waals surface area contributed by atoms with Gasteiger partial charge < -0.3 is 19.8 Å². The van der Waals surface area contributed by atoms with Crippen LogP contribution in [0.5, 0.6) is 0 Å². The topological polar surface area (TPSA) is 58.8 Å². The summed E-state index contributed by atoms with van der Waals surface area (Å²) >= 11 is 0. The van der Waals surface area contributed by atoms with Gasteiger partial charge in [-0.2, -0.15) is 0 Å². The Balaban J connectivity index is 1.42. The summed E-state index contributed by atoms with van der Waals surface area (Å²) in [4.78, 5) is 4.70. The average molecular weight is 305 g/mol. The molecule has 122 valence electrons. The summed E-state index contributed by atoms with van der Waals surface area (Å²) in [7, 11) is 0. The molecule has 5 nitrogen and oxygen atoms in total. The molecule has 2 heterocycles. The molecule has 1 aliphatic carbocycles. The highest BCUT2D eigenvalue weighted by Gasteiger charge is 2.21. The molecular weight excluding hydrogens is 278 g/mol. The zero-order valence-corrected chi connectivity index (χ0v) is 13.2. The zero-order chi connectivity index (χ0) is 15.0. The van der Waals surface area contributed by atoms with Crippen molar-refractivity contribution in [2.24, 2.45) is 10.9 Å². The van der Waals surface area contributed by atoms with Gasteiger partial charge in [0, 0.05) is 32.7 Å². The number of rotatable bonds is 7. The van der Waals surface area contributed by atoms with Crippen LogP contribution in [-0.2, 0) is 11.2 Å². The molecule has 2 aliphatic rings. The molecule has 2 N–H and O–H groups in total. The third-order valence-corrected chi connectivity index (χ3v) is 4.22. The third kappa shape index (κ3) is 5.37. The van der Waals surface area contributed by atoms with Crippen LogP contribution in [0, 0.1) is 5.92 Å². The van der Waals surface area contributed by atoms with Crippen LogP contribution < -0.4 is 10.6 Å². The number of hydrogen-bond acceptors (Lipinski definition) is 3. The van der Waals surface area contributed by atoms with E-state index in [1.54, 1.807) is 6.26 Å². The van der Waals surface area contributed by atoms with E-state index in [-0.39, 0.29) is 0 Å². The van der Waals surface area contributed by atoms with Gasteiger partial charge in [-0.1, -0.05) is 0 Å². The maximum absolute atomic E-state index is 5.77. The summed E-state index contributed by atoms with van der Waals surface area (Å²) in [6.07, 6.45) is 9.19. The lowest BCUT2D eigenvalue weighted by Crippen LogP contribution is -2.43. The quantitative estimate of drug-likeness (QED) is 0.599.